The van der Waals surface area contributed by atoms with Gasteiger partial charge in [-0.25, -0.2) is 0 Å². The Morgan fingerprint density at radius 1 is 1.00 bits per heavy atom. The first-order chi connectivity index (χ1) is 10.9. The fourth-order valence-corrected chi connectivity index (χ4v) is 1.96. The van der Waals surface area contributed by atoms with Crippen molar-refractivity contribution < 1.29 is 18.8 Å². The summed E-state index contributed by atoms with van der Waals surface area (Å²) in [4.78, 5) is 35.1. The van der Waals surface area contributed by atoms with Crippen molar-refractivity contribution in [2.24, 2.45) is 0 Å². The van der Waals surface area contributed by atoms with Crippen LogP contribution < -0.4 is 16.2 Å². The Bertz CT molecular complexity index is 764. The molecule has 23 heavy (non-hydrogen) atoms. The van der Waals surface area contributed by atoms with E-state index < -0.39 is 11.8 Å². The number of hydrogen-bond donors (Lipinski definition) is 3. The van der Waals surface area contributed by atoms with Crippen molar-refractivity contribution in [1.29, 1.82) is 0 Å². The molecule has 0 aliphatic rings. The predicted molar refractivity (Wildman–Crippen MR) is 83.9 cm³/mol. The number of furan rings is 1. The standard InChI is InChI=1S/C16H17N3O4/c1-9-4-5-12(8-14(9)17-11(3)20)15(21)18-19-16(22)13-6-7-23-10(13)2/h4-8H,1-3H3,(H,17,20)(H,18,21)(H,19,22). The van der Waals surface area contributed by atoms with Gasteiger partial charge < -0.3 is 9.73 Å². The lowest BCUT2D eigenvalue weighted by Gasteiger charge is -2.10. The predicted octanol–water partition coefficient (Wildman–Crippen LogP) is 1.93. The van der Waals surface area contributed by atoms with Crippen molar-refractivity contribution in [3.8, 4) is 0 Å². The van der Waals surface area contributed by atoms with Crippen molar-refractivity contribution in [1.82, 2.24) is 10.9 Å². The van der Waals surface area contributed by atoms with E-state index in [4.69, 9.17) is 4.42 Å². The second-order valence-corrected chi connectivity index (χ2v) is 5.01. The maximum Gasteiger partial charge on any atom is 0.273 e. The lowest BCUT2D eigenvalue weighted by atomic mass is 10.1. The van der Waals surface area contributed by atoms with Crippen LogP contribution in [0.3, 0.4) is 0 Å². The van der Waals surface area contributed by atoms with Crippen molar-refractivity contribution in [2.75, 3.05) is 5.32 Å². The number of anilines is 1. The molecule has 0 aliphatic carbocycles. The highest BCUT2D eigenvalue weighted by atomic mass is 16.3. The minimum Gasteiger partial charge on any atom is -0.469 e. The summed E-state index contributed by atoms with van der Waals surface area (Å²) in [6, 6.07) is 6.37. The second-order valence-electron chi connectivity index (χ2n) is 5.01. The van der Waals surface area contributed by atoms with Gasteiger partial charge in [-0.1, -0.05) is 6.07 Å². The van der Waals surface area contributed by atoms with Gasteiger partial charge in [-0.05, 0) is 37.6 Å². The quantitative estimate of drug-likeness (QED) is 0.753. The molecular formula is C16H17N3O4. The van der Waals surface area contributed by atoms with Gasteiger partial charge in [-0.3, -0.25) is 25.2 Å². The van der Waals surface area contributed by atoms with E-state index in [1.54, 1.807) is 25.1 Å². The van der Waals surface area contributed by atoms with E-state index in [-0.39, 0.29) is 5.91 Å². The van der Waals surface area contributed by atoms with E-state index in [0.29, 0.717) is 22.6 Å². The molecule has 0 atom stereocenters. The number of aryl methyl sites for hydroxylation is 2. The smallest absolute Gasteiger partial charge is 0.273 e. The Morgan fingerprint density at radius 3 is 2.30 bits per heavy atom. The number of rotatable bonds is 3. The molecule has 2 aromatic rings. The Labute approximate surface area is 133 Å². The van der Waals surface area contributed by atoms with Crippen LogP contribution in [0, 0.1) is 13.8 Å². The molecule has 2 rings (SSSR count). The molecule has 1 aromatic carbocycles. The number of hydrazine groups is 1. The SMILES string of the molecule is CC(=O)Nc1cc(C(=O)NNC(=O)c2ccoc2C)ccc1C. The van der Waals surface area contributed by atoms with Gasteiger partial charge in [-0.15, -0.1) is 0 Å². The van der Waals surface area contributed by atoms with Crippen LogP contribution in [-0.4, -0.2) is 17.7 Å². The molecule has 0 saturated heterocycles. The monoisotopic (exact) mass is 315 g/mol. The third-order valence-electron chi connectivity index (χ3n) is 3.20. The first-order valence-electron chi connectivity index (χ1n) is 6.91. The Hall–Kier alpha value is -3.09. The van der Waals surface area contributed by atoms with E-state index in [1.807, 2.05) is 6.92 Å². The summed E-state index contributed by atoms with van der Waals surface area (Å²) in [5, 5.41) is 2.64. The van der Waals surface area contributed by atoms with Crippen LogP contribution >= 0.6 is 0 Å². The lowest BCUT2D eigenvalue weighted by molar-refractivity contribution is -0.114. The molecule has 0 radical (unpaired) electrons. The second kappa shape index (κ2) is 6.78. The molecule has 1 aromatic heterocycles. The highest BCUT2D eigenvalue weighted by Crippen LogP contribution is 2.16. The zero-order valence-corrected chi connectivity index (χ0v) is 13.0. The fraction of sp³-hybridized carbons (Fsp3) is 0.188. The van der Waals surface area contributed by atoms with Crippen molar-refractivity contribution >= 4 is 23.4 Å². The Balaban J connectivity index is 2.05. The highest BCUT2D eigenvalue weighted by molar-refractivity contribution is 6.00. The topological polar surface area (TPSA) is 100 Å². The number of amides is 3. The number of hydrogen-bond acceptors (Lipinski definition) is 4. The van der Waals surface area contributed by atoms with E-state index in [0.717, 1.165) is 5.56 Å². The molecule has 1 heterocycles. The third kappa shape index (κ3) is 3.97. The van der Waals surface area contributed by atoms with Crippen molar-refractivity contribution in [2.45, 2.75) is 20.8 Å². The molecule has 120 valence electrons. The van der Waals surface area contributed by atoms with Crippen LogP contribution in [0.5, 0.6) is 0 Å². The molecule has 0 bridgehead atoms. The Morgan fingerprint density at radius 2 is 1.70 bits per heavy atom. The molecule has 7 nitrogen and oxygen atoms in total. The van der Waals surface area contributed by atoms with Crippen molar-refractivity contribution in [3.63, 3.8) is 0 Å². The number of carbonyl (C=O) groups is 3. The molecule has 0 aliphatic heterocycles. The molecule has 0 saturated carbocycles. The van der Waals surface area contributed by atoms with Crippen molar-refractivity contribution in [3.05, 3.63) is 53.0 Å². The van der Waals surface area contributed by atoms with E-state index in [1.165, 1.54) is 19.3 Å². The summed E-state index contributed by atoms with van der Waals surface area (Å²) in [7, 11) is 0. The summed E-state index contributed by atoms with van der Waals surface area (Å²) in [5.41, 5.74) is 6.66. The van der Waals surface area contributed by atoms with Gasteiger partial charge in [0, 0.05) is 18.2 Å². The largest absolute Gasteiger partial charge is 0.469 e. The maximum absolute atomic E-state index is 12.1. The van der Waals surface area contributed by atoms with Gasteiger partial charge >= 0.3 is 0 Å². The fourth-order valence-electron chi connectivity index (χ4n) is 1.96. The first-order valence-corrected chi connectivity index (χ1v) is 6.91. The molecule has 3 amide bonds. The van der Waals surface area contributed by atoms with Crippen LogP contribution in [0.4, 0.5) is 5.69 Å². The summed E-state index contributed by atoms with van der Waals surface area (Å²) in [6.45, 7) is 4.85. The first kappa shape index (κ1) is 16.3. The molecule has 7 heteroatoms. The summed E-state index contributed by atoms with van der Waals surface area (Å²) in [5.74, 6) is -0.737. The average Bonchev–Trinajstić information content (AvgIpc) is 2.92. The third-order valence-corrected chi connectivity index (χ3v) is 3.20. The molecular weight excluding hydrogens is 298 g/mol. The molecule has 3 N–H and O–H groups in total. The van der Waals surface area contributed by atoms with Gasteiger partial charge in [0.05, 0.1) is 11.8 Å². The normalized spacial score (nSPS) is 10.0. The van der Waals surface area contributed by atoms with Gasteiger partial charge in [0.2, 0.25) is 5.91 Å². The van der Waals surface area contributed by atoms with E-state index >= 15 is 0 Å². The van der Waals surface area contributed by atoms with Gasteiger partial charge in [0.25, 0.3) is 11.8 Å². The van der Waals surface area contributed by atoms with Crippen LogP contribution in [0.1, 0.15) is 39.0 Å². The van der Waals surface area contributed by atoms with E-state index in [9.17, 15) is 14.4 Å². The van der Waals surface area contributed by atoms with Crippen LogP contribution in [0.2, 0.25) is 0 Å². The van der Waals surface area contributed by atoms with Gasteiger partial charge in [0.1, 0.15) is 5.76 Å². The summed E-state index contributed by atoms with van der Waals surface area (Å²) >= 11 is 0. The average molecular weight is 315 g/mol. The number of benzene rings is 1. The van der Waals surface area contributed by atoms with Crippen LogP contribution in [-0.2, 0) is 4.79 Å². The lowest BCUT2D eigenvalue weighted by Crippen LogP contribution is -2.41. The van der Waals surface area contributed by atoms with Gasteiger partial charge in [0.15, 0.2) is 0 Å². The number of carbonyl (C=O) groups excluding carboxylic acids is 3. The van der Waals surface area contributed by atoms with Gasteiger partial charge in [-0.2, -0.15) is 0 Å². The summed E-state index contributed by atoms with van der Waals surface area (Å²) < 4.78 is 5.03. The maximum atomic E-state index is 12.1. The zero-order valence-electron chi connectivity index (χ0n) is 13.0. The number of nitrogens with one attached hydrogen (secondary N) is 3. The van der Waals surface area contributed by atoms with E-state index in [2.05, 4.69) is 16.2 Å². The molecule has 0 spiro atoms. The van der Waals surface area contributed by atoms with Crippen LogP contribution in [0.15, 0.2) is 34.9 Å². The highest BCUT2D eigenvalue weighted by Gasteiger charge is 2.13. The molecule has 0 unspecified atom stereocenters. The molecule has 0 fully saturated rings. The van der Waals surface area contributed by atoms with Crippen LogP contribution in [0.25, 0.3) is 0 Å². The minimum absolute atomic E-state index is 0.227. The zero-order chi connectivity index (χ0) is 17.0. The Kier molecular flexibility index (Phi) is 4.80. The summed E-state index contributed by atoms with van der Waals surface area (Å²) in [6.07, 6.45) is 1.39. The minimum atomic E-state index is -0.494.